The molecular weight excluding hydrogens is 254 g/mol. The third-order valence-electron chi connectivity index (χ3n) is 0.933. The second kappa shape index (κ2) is 3.36. The zero-order valence-corrected chi connectivity index (χ0v) is 7.19. The third kappa shape index (κ3) is 2.09. The van der Waals surface area contributed by atoms with E-state index in [1.165, 1.54) is 0 Å². The Morgan fingerprint density at radius 2 is 1.78 bits per heavy atom. The van der Waals surface area contributed by atoms with Crippen LogP contribution in [0.25, 0.3) is 0 Å². The number of hydrogen-bond acceptors (Lipinski definition) is 2. The number of hydrogen-bond donors (Lipinski definition) is 1. The van der Waals surface area contributed by atoms with Gasteiger partial charge in [0.25, 0.3) is 0 Å². The average Bonchev–Trinajstić information content (AvgIpc) is 1.90. The molecule has 0 atom stereocenters. The molecule has 0 radical (unpaired) electrons. The molecule has 1 aromatic rings. The molecule has 1 rings (SSSR count). The van der Waals surface area contributed by atoms with Crippen molar-refractivity contribution >= 4 is 0 Å². The molecule has 0 saturated heterocycles. The van der Waals surface area contributed by atoms with Crippen LogP contribution in [0.1, 0.15) is 0 Å². The molecule has 0 aliphatic carbocycles. The zero-order chi connectivity index (χ0) is 6.69. The standard InChI is InChI=1S/C6H6O2.Sm/c7-5-1-2-6(8)4-3-5;/h1-4,7-8H;/q;+1/p-1. The van der Waals surface area contributed by atoms with E-state index in [2.05, 4.69) is 0 Å². The Morgan fingerprint density at radius 1 is 1.22 bits per heavy atom. The van der Waals surface area contributed by atoms with Gasteiger partial charge in [0.2, 0.25) is 0 Å². The molecule has 0 bridgehead atoms. The van der Waals surface area contributed by atoms with Gasteiger partial charge in [-0.15, -0.1) is 0 Å². The Balaban J connectivity index is 2.88. The van der Waals surface area contributed by atoms with E-state index in [9.17, 15) is 0 Å². The summed E-state index contributed by atoms with van der Waals surface area (Å²) in [5, 5.41) is 8.80. The summed E-state index contributed by atoms with van der Waals surface area (Å²) in [5.41, 5.74) is 0. The fourth-order valence-corrected chi connectivity index (χ4v) is 0.858. The van der Waals surface area contributed by atoms with Gasteiger partial charge in [-0.1, -0.05) is 0 Å². The van der Waals surface area contributed by atoms with Gasteiger partial charge in [0.15, 0.2) is 0 Å². The van der Waals surface area contributed by atoms with Crippen LogP contribution in [0.3, 0.4) is 0 Å². The topological polar surface area (TPSA) is 29.5 Å². The van der Waals surface area contributed by atoms with Crippen LogP contribution in [0.2, 0.25) is 0 Å². The molecule has 0 fully saturated rings. The molecular formula is C6H5O2Sm. The summed E-state index contributed by atoms with van der Waals surface area (Å²) >= 11 is 1.05. The normalized spacial score (nSPS) is 8.89. The fourth-order valence-electron chi connectivity index (χ4n) is 0.502. The number of phenols is 1. The molecule has 0 aliphatic heterocycles. The molecule has 1 aromatic carbocycles. The van der Waals surface area contributed by atoms with Gasteiger partial charge >= 0.3 is 80.9 Å². The van der Waals surface area contributed by atoms with Gasteiger partial charge in [-0.05, 0) is 0 Å². The van der Waals surface area contributed by atoms with E-state index >= 15 is 0 Å². The number of benzene rings is 1. The van der Waals surface area contributed by atoms with Crippen LogP contribution in [0.5, 0.6) is 11.5 Å². The van der Waals surface area contributed by atoms with E-state index in [0.29, 0.717) is 0 Å². The van der Waals surface area contributed by atoms with Crippen molar-refractivity contribution in [3.8, 4) is 11.5 Å². The zero-order valence-electron chi connectivity index (χ0n) is 4.57. The minimum atomic E-state index is 0.269. The first-order valence-electron chi connectivity index (χ1n) is 2.42. The van der Waals surface area contributed by atoms with Crippen molar-refractivity contribution in [1.82, 2.24) is 0 Å². The molecule has 0 heterocycles. The molecule has 0 unspecified atom stereocenters. The van der Waals surface area contributed by atoms with E-state index in [1.54, 1.807) is 24.3 Å². The van der Waals surface area contributed by atoms with Crippen LogP contribution >= 0.6 is 0 Å². The summed E-state index contributed by atoms with van der Waals surface area (Å²) in [6, 6.07) is 6.64. The van der Waals surface area contributed by atoms with Gasteiger partial charge in [-0.2, -0.15) is 0 Å². The fraction of sp³-hybridized carbons (Fsp3) is 0. The van der Waals surface area contributed by atoms with Crippen LogP contribution in [0.4, 0.5) is 0 Å². The summed E-state index contributed by atoms with van der Waals surface area (Å²) in [7, 11) is 0. The molecule has 9 heavy (non-hydrogen) atoms. The van der Waals surface area contributed by atoms with E-state index in [0.717, 1.165) is 44.7 Å². The molecule has 3 heteroatoms. The second-order valence-electron chi connectivity index (χ2n) is 1.58. The van der Waals surface area contributed by atoms with Crippen LogP contribution < -0.4 is 1.12 Å². The van der Waals surface area contributed by atoms with Crippen LogP contribution in [0.15, 0.2) is 24.3 Å². The first-order valence-corrected chi connectivity index (χ1v) is 3.49. The molecule has 2 nitrogen and oxygen atoms in total. The molecule has 0 saturated carbocycles. The third-order valence-corrected chi connectivity index (χ3v) is 1.55. The van der Waals surface area contributed by atoms with Crippen LogP contribution in [-0.2, 0) is 0 Å². The van der Waals surface area contributed by atoms with Gasteiger partial charge in [0.05, 0.1) is 0 Å². The van der Waals surface area contributed by atoms with Gasteiger partial charge in [-0.3, -0.25) is 0 Å². The predicted molar refractivity (Wildman–Crippen MR) is 28.7 cm³/mol. The van der Waals surface area contributed by atoms with Crippen molar-refractivity contribution in [3.05, 3.63) is 24.3 Å². The molecule has 47 valence electrons. The first kappa shape index (κ1) is 7.27. The Labute approximate surface area is 80.2 Å². The Kier molecular flexibility index (Phi) is 2.71. The molecule has 1 N–H and O–H groups in total. The maximum atomic E-state index is 8.80. The number of phenolic OH excluding ortho intramolecular Hbond substituents is 1. The Bertz CT molecular complexity index is 183. The maximum absolute atomic E-state index is 8.80. The van der Waals surface area contributed by atoms with Gasteiger partial charge in [0, 0.05) is 0 Å². The number of aromatic hydroxyl groups is 1. The molecule has 0 spiro atoms. The number of rotatable bonds is 1. The van der Waals surface area contributed by atoms with E-state index in [4.69, 9.17) is 6.23 Å². The van der Waals surface area contributed by atoms with E-state index in [-0.39, 0.29) is 5.75 Å². The van der Waals surface area contributed by atoms with Crippen molar-refractivity contribution < 1.29 is 45.2 Å². The van der Waals surface area contributed by atoms with Gasteiger partial charge < -0.3 is 0 Å². The van der Waals surface area contributed by atoms with Crippen LogP contribution in [-0.4, -0.2) is 5.11 Å². The molecule has 0 aromatic heterocycles. The van der Waals surface area contributed by atoms with E-state index in [1.807, 2.05) is 0 Å². The molecule has 0 amide bonds. The van der Waals surface area contributed by atoms with Crippen molar-refractivity contribution in [2.75, 3.05) is 0 Å². The molecule has 0 aliphatic rings. The van der Waals surface area contributed by atoms with Crippen molar-refractivity contribution in [3.63, 3.8) is 0 Å². The Hall–Kier alpha value is 0.158. The van der Waals surface area contributed by atoms with Crippen LogP contribution in [0, 0.1) is 38.9 Å². The summed E-state index contributed by atoms with van der Waals surface area (Å²) in [6.07, 6.45) is 0. The van der Waals surface area contributed by atoms with Gasteiger partial charge in [-0.25, -0.2) is 0 Å². The monoisotopic (exact) mass is 261 g/mol. The minimum absolute atomic E-state index is 0.269. The summed E-state index contributed by atoms with van der Waals surface area (Å²) in [5.74, 6) is 1.06. The van der Waals surface area contributed by atoms with Crippen molar-refractivity contribution in [2.45, 2.75) is 0 Å². The average molecular weight is 259 g/mol. The first-order chi connectivity index (χ1) is 4.33. The quantitative estimate of drug-likeness (QED) is 0.822. The summed E-state index contributed by atoms with van der Waals surface area (Å²) in [4.78, 5) is 0. The second-order valence-corrected chi connectivity index (χ2v) is 2.11. The SMILES string of the molecule is Oc1ccc([O][Sm])cc1. The van der Waals surface area contributed by atoms with E-state index < -0.39 is 0 Å². The summed E-state index contributed by atoms with van der Waals surface area (Å²) in [6.45, 7) is 0. The van der Waals surface area contributed by atoms with Crippen molar-refractivity contribution in [2.24, 2.45) is 0 Å². The van der Waals surface area contributed by atoms with Gasteiger partial charge in [0.1, 0.15) is 0 Å². The predicted octanol–water partition coefficient (Wildman–Crippen LogP) is 1.24. The van der Waals surface area contributed by atoms with Crippen molar-refractivity contribution in [1.29, 1.82) is 0 Å². The Morgan fingerprint density at radius 3 is 2.22 bits per heavy atom. The summed E-state index contributed by atoms with van der Waals surface area (Å²) < 4.78 is 4.94.